The maximum absolute atomic E-state index is 4.98. The number of ether oxygens (including phenoxy) is 2. The van der Waals surface area contributed by atoms with Gasteiger partial charge in [0.25, 0.3) is 0 Å². The predicted octanol–water partition coefficient (Wildman–Crippen LogP) is -0.108. The van der Waals surface area contributed by atoms with Gasteiger partial charge in [0.15, 0.2) is 0 Å². The molecule has 0 fully saturated rings. The monoisotopic (exact) mass is 202 g/mol. The molecule has 0 saturated carbocycles. The van der Waals surface area contributed by atoms with Crippen molar-refractivity contribution in [2.24, 2.45) is 0 Å². The van der Waals surface area contributed by atoms with E-state index in [2.05, 4.69) is 15.5 Å². The van der Waals surface area contributed by atoms with Gasteiger partial charge in [-0.15, -0.1) is 0 Å². The SMILES string of the molecule is COCCn1cc[n+](CCOC)c1.[OH-]. The van der Waals surface area contributed by atoms with E-state index >= 15 is 0 Å². The van der Waals surface area contributed by atoms with Crippen molar-refractivity contribution >= 4 is 0 Å². The van der Waals surface area contributed by atoms with Gasteiger partial charge in [-0.1, -0.05) is 0 Å². The Bertz CT molecular complexity index is 215. The van der Waals surface area contributed by atoms with Gasteiger partial charge < -0.3 is 14.9 Å². The topological polar surface area (TPSA) is 57.3 Å². The predicted molar refractivity (Wildman–Crippen MR) is 50.3 cm³/mol. The molecule has 0 unspecified atom stereocenters. The van der Waals surface area contributed by atoms with Gasteiger partial charge in [0.1, 0.15) is 25.5 Å². The molecule has 82 valence electrons. The fourth-order valence-electron chi connectivity index (χ4n) is 1.10. The van der Waals surface area contributed by atoms with Gasteiger partial charge in [0.2, 0.25) is 6.33 Å². The Hall–Kier alpha value is -0.910. The van der Waals surface area contributed by atoms with Crippen LogP contribution in [-0.4, -0.2) is 37.5 Å². The molecule has 0 saturated heterocycles. The molecule has 14 heavy (non-hydrogen) atoms. The summed E-state index contributed by atoms with van der Waals surface area (Å²) < 4.78 is 14.2. The number of hydrogen-bond acceptors (Lipinski definition) is 3. The van der Waals surface area contributed by atoms with E-state index in [9.17, 15) is 0 Å². The first-order valence-corrected chi connectivity index (χ1v) is 4.39. The summed E-state index contributed by atoms with van der Waals surface area (Å²) in [4.78, 5) is 0. The lowest BCUT2D eigenvalue weighted by atomic mass is 10.7. The number of rotatable bonds is 6. The molecule has 1 rings (SSSR count). The molecule has 0 amide bonds. The van der Waals surface area contributed by atoms with E-state index in [1.54, 1.807) is 14.2 Å². The van der Waals surface area contributed by atoms with Crippen molar-refractivity contribution in [2.45, 2.75) is 13.1 Å². The first kappa shape index (κ1) is 13.1. The normalized spacial score (nSPS) is 9.86. The zero-order valence-corrected chi connectivity index (χ0v) is 8.72. The highest BCUT2D eigenvalue weighted by Gasteiger charge is 2.01. The molecule has 0 bridgehead atoms. The lowest BCUT2D eigenvalue weighted by molar-refractivity contribution is -0.697. The van der Waals surface area contributed by atoms with Crippen LogP contribution in [0.1, 0.15) is 0 Å². The van der Waals surface area contributed by atoms with Gasteiger partial charge in [0.05, 0.1) is 13.2 Å². The van der Waals surface area contributed by atoms with Gasteiger partial charge >= 0.3 is 0 Å². The molecule has 1 N–H and O–H groups in total. The second-order valence-corrected chi connectivity index (χ2v) is 2.87. The summed E-state index contributed by atoms with van der Waals surface area (Å²) in [6.45, 7) is 3.30. The minimum atomic E-state index is 0. The van der Waals surface area contributed by atoms with E-state index in [4.69, 9.17) is 9.47 Å². The van der Waals surface area contributed by atoms with E-state index < -0.39 is 0 Å². The Morgan fingerprint density at radius 3 is 2.57 bits per heavy atom. The maximum Gasteiger partial charge on any atom is 0.243 e. The zero-order chi connectivity index (χ0) is 9.52. The zero-order valence-electron chi connectivity index (χ0n) is 8.72. The molecule has 5 nitrogen and oxygen atoms in total. The molecule has 1 aromatic heterocycles. The molecule has 1 aromatic rings. The summed E-state index contributed by atoms with van der Waals surface area (Å²) >= 11 is 0. The summed E-state index contributed by atoms with van der Waals surface area (Å²) in [5.74, 6) is 0. The Morgan fingerprint density at radius 2 is 1.93 bits per heavy atom. The third-order valence-electron chi connectivity index (χ3n) is 1.85. The van der Waals surface area contributed by atoms with Crippen LogP contribution in [0.4, 0.5) is 0 Å². The molecule has 0 aromatic carbocycles. The molecule has 1 heterocycles. The van der Waals surface area contributed by atoms with Crippen LogP contribution in [0, 0.1) is 0 Å². The van der Waals surface area contributed by atoms with Crippen LogP contribution in [0.3, 0.4) is 0 Å². The fraction of sp³-hybridized carbons (Fsp3) is 0.667. The van der Waals surface area contributed by atoms with E-state index in [-0.39, 0.29) is 5.48 Å². The van der Waals surface area contributed by atoms with E-state index in [1.807, 2.05) is 12.4 Å². The van der Waals surface area contributed by atoms with Crippen molar-refractivity contribution in [2.75, 3.05) is 27.4 Å². The third kappa shape index (κ3) is 4.36. The van der Waals surface area contributed by atoms with Crippen LogP contribution < -0.4 is 4.57 Å². The van der Waals surface area contributed by atoms with Gasteiger partial charge in [-0.25, -0.2) is 9.13 Å². The molecule has 0 atom stereocenters. The Labute approximate surface area is 84.2 Å². The van der Waals surface area contributed by atoms with Crippen LogP contribution >= 0.6 is 0 Å². The molecule has 0 radical (unpaired) electrons. The van der Waals surface area contributed by atoms with Crippen molar-refractivity contribution in [1.29, 1.82) is 0 Å². The summed E-state index contributed by atoms with van der Waals surface area (Å²) in [5, 5.41) is 0. The van der Waals surface area contributed by atoms with Crippen molar-refractivity contribution in [3.8, 4) is 0 Å². The lowest BCUT2D eigenvalue weighted by Gasteiger charge is -1.95. The van der Waals surface area contributed by atoms with Gasteiger partial charge in [-0.2, -0.15) is 0 Å². The highest BCUT2D eigenvalue weighted by atomic mass is 16.5. The van der Waals surface area contributed by atoms with E-state index in [1.165, 1.54) is 0 Å². The standard InChI is InChI=1S/C9H17N2O2.H2O/c1-12-7-5-10-3-4-11(9-10)6-8-13-2;/h3-4,9H,5-8H2,1-2H3;1H2/q+1;/p-1. The summed E-state index contributed by atoms with van der Waals surface area (Å²) in [5.41, 5.74) is 0. The van der Waals surface area contributed by atoms with Gasteiger partial charge in [0, 0.05) is 14.2 Å². The van der Waals surface area contributed by atoms with E-state index in [0.29, 0.717) is 0 Å². The van der Waals surface area contributed by atoms with Crippen molar-refractivity contribution < 1.29 is 19.5 Å². The molecule has 0 aliphatic rings. The Morgan fingerprint density at radius 1 is 1.21 bits per heavy atom. The van der Waals surface area contributed by atoms with Crippen LogP contribution in [0.2, 0.25) is 0 Å². The highest BCUT2D eigenvalue weighted by Crippen LogP contribution is 1.84. The van der Waals surface area contributed by atoms with Crippen molar-refractivity contribution in [3.63, 3.8) is 0 Å². The van der Waals surface area contributed by atoms with Crippen LogP contribution in [-0.2, 0) is 22.6 Å². The van der Waals surface area contributed by atoms with Crippen molar-refractivity contribution in [3.05, 3.63) is 18.7 Å². The Kier molecular flexibility index (Phi) is 7.00. The minimum absolute atomic E-state index is 0. The van der Waals surface area contributed by atoms with E-state index in [0.717, 1.165) is 26.3 Å². The smallest absolute Gasteiger partial charge is 0.243 e. The number of hydrogen-bond donors (Lipinski definition) is 0. The van der Waals surface area contributed by atoms with Crippen LogP contribution in [0.15, 0.2) is 18.7 Å². The molecule has 0 spiro atoms. The molecule has 0 aliphatic heterocycles. The van der Waals surface area contributed by atoms with Crippen LogP contribution in [0.25, 0.3) is 0 Å². The van der Waals surface area contributed by atoms with Crippen molar-refractivity contribution in [1.82, 2.24) is 4.57 Å². The number of nitrogens with zero attached hydrogens (tertiary/aromatic N) is 2. The quantitative estimate of drug-likeness (QED) is 0.605. The van der Waals surface area contributed by atoms with Gasteiger partial charge in [-0.05, 0) is 0 Å². The second kappa shape index (κ2) is 7.49. The summed E-state index contributed by atoms with van der Waals surface area (Å²) in [6, 6.07) is 0. The molecular formula is C9H18N2O3. The second-order valence-electron chi connectivity index (χ2n) is 2.87. The number of methoxy groups -OCH3 is 2. The Balaban J connectivity index is 0.00000169. The average molecular weight is 202 g/mol. The molecule has 5 heteroatoms. The fourth-order valence-corrected chi connectivity index (χ4v) is 1.10. The van der Waals surface area contributed by atoms with Gasteiger partial charge in [-0.3, -0.25) is 0 Å². The summed E-state index contributed by atoms with van der Waals surface area (Å²) in [7, 11) is 3.42. The largest absolute Gasteiger partial charge is 0.870 e. The lowest BCUT2D eigenvalue weighted by Crippen LogP contribution is -2.33. The number of aromatic nitrogens is 2. The third-order valence-corrected chi connectivity index (χ3v) is 1.85. The first-order chi connectivity index (χ1) is 6.36. The molecule has 0 aliphatic carbocycles. The summed E-state index contributed by atoms with van der Waals surface area (Å²) in [6.07, 6.45) is 6.13. The molecular weight excluding hydrogens is 184 g/mol. The number of imidazole rings is 1. The minimum Gasteiger partial charge on any atom is -0.870 e. The first-order valence-electron chi connectivity index (χ1n) is 4.39. The average Bonchev–Trinajstić information content (AvgIpc) is 2.59. The van der Waals surface area contributed by atoms with Crippen LogP contribution in [0.5, 0.6) is 0 Å². The maximum atomic E-state index is 4.98. The highest BCUT2D eigenvalue weighted by molar-refractivity contribution is 4.65.